The maximum absolute atomic E-state index is 9.90. The van der Waals surface area contributed by atoms with Crippen molar-refractivity contribution in [2.24, 2.45) is 23.2 Å². The van der Waals surface area contributed by atoms with Crippen molar-refractivity contribution in [2.75, 3.05) is 33.7 Å². The number of rotatable bonds is 7. The zero-order chi connectivity index (χ0) is 13.3. The molecule has 4 heteroatoms. The predicted molar refractivity (Wildman–Crippen MR) is 70.6 cm³/mol. The van der Waals surface area contributed by atoms with Gasteiger partial charge in [0.05, 0.1) is 25.9 Å². The highest BCUT2D eigenvalue weighted by molar-refractivity contribution is 5.06. The highest BCUT2D eigenvalue weighted by Gasteiger charge is 2.57. The lowest BCUT2D eigenvalue weighted by molar-refractivity contribution is -0.225. The van der Waals surface area contributed by atoms with Gasteiger partial charge >= 0.3 is 0 Å². The van der Waals surface area contributed by atoms with Crippen molar-refractivity contribution in [1.29, 1.82) is 0 Å². The first-order valence-corrected chi connectivity index (χ1v) is 7.56. The summed E-state index contributed by atoms with van der Waals surface area (Å²) in [7, 11) is 1.67. The van der Waals surface area contributed by atoms with Gasteiger partial charge in [-0.2, -0.15) is 0 Å². The molecule has 4 bridgehead atoms. The Bertz CT molecular complexity index is 293. The highest BCUT2D eigenvalue weighted by Crippen LogP contribution is 2.60. The minimum Gasteiger partial charge on any atom is -0.396 e. The van der Waals surface area contributed by atoms with Crippen molar-refractivity contribution in [3.05, 3.63) is 0 Å². The van der Waals surface area contributed by atoms with Crippen LogP contribution in [0.25, 0.3) is 0 Å². The van der Waals surface area contributed by atoms with Crippen LogP contribution >= 0.6 is 0 Å². The molecule has 110 valence electrons. The Morgan fingerprint density at radius 1 is 1.11 bits per heavy atom. The van der Waals surface area contributed by atoms with E-state index in [1.807, 2.05) is 0 Å². The zero-order valence-electron chi connectivity index (χ0n) is 11.8. The summed E-state index contributed by atoms with van der Waals surface area (Å²) in [5.41, 5.74) is 0.0271. The van der Waals surface area contributed by atoms with Crippen LogP contribution in [0.3, 0.4) is 0 Å². The van der Waals surface area contributed by atoms with E-state index < -0.39 is 0 Å². The highest BCUT2D eigenvalue weighted by atomic mass is 16.7. The van der Waals surface area contributed by atoms with Gasteiger partial charge in [-0.25, -0.2) is 0 Å². The third-order valence-corrected chi connectivity index (χ3v) is 5.44. The van der Waals surface area contributed by atoms with Crippen LogP contribution in [0, 0.1) is 23.2 Å². The molecule has 4 fully saturated rings. The summed E-state index contributed by atoms with van der Waals surface area (Å²) in [6.45, 7) is 1.79. The molecule has 3 unspecified atom stereocenters. The van der Waals surface area contributed by atoms with Gasteiger partial charge in [0, 0.05) is 12.5 Å². The van der Waals surface area contributed by atoms with E-state index in [1.165, 1.54) is 19.3 Å². The first kappa shape index (κ1) is 13.8. The summed E-state index contributed by atoms with van der Waals surface area (Å²) >= 11 is 0. The fourth-order valence-corrected chi connectivity index (χ4v) is 5.02. The largest absolute Gasteiger partial charge is 0.396 e. The van der Waals surface area contributed by atoms with Gasteiger partial charge in [0.15, 0.2) is 0 Å². The topological polar surface area (TPSA) is 47.9 Å². The molecule has 4 rings (SSSR count). The van der Waals surface area contributed by atoms with Crippen molar-refractivity contribution in [3.63, 3.8) is 0 Å². The van der Waals surface area contributed by atoms with Crippen LogP contribution in [0.1, 0.15) is 32.1 Å². The van der Waals surface area contributed by atoms with Crippen molar-refractivity contribution in [1.82, 2.24) is 0 Å². The normalized spacial score (nSPS) is 43.9. The summed E-state index contributed by atoms with van der Waals surface area (Å²) in [6, 6.07) is 0. The summed E-state index contributed by atoms with van der Waals surface area (Å²) in [4.78, 5) is 0. The molecule has 4 aliphatic carbocycles. The molecule has 4 aliphatic rings. The lowest BCUT2D eigenvalue weighted by atomic mass is 9.48. The summed E-state index contributed by atoms with van der Waals surface area (Å²) in [5.74, 6) is 2.31. The second-order valence-electron chi connectivity index (χ2n) is 6.73. The van der Waals surface area contributed by atoms with Gasteiger partial charge < -0.3 is 19.3 Å². The Hall–Kier alpha value is -0.160. The quantitative estimate of drug-likeness (QED) is 0.566. The molecule has 0 spiro atoms. The van der Waals surface area contributed by atoms with Crippen LogP contribution in [0.4, 0.5) is 0 Å². The zero-order valence-corrected chi connectivity index (χ0v) is 11.8. The number of hydrogen-bond donors (Lipinski definition) is 1. The second-order valence-corrected chi connectivity index (χ2v) is 6.73. The summed E-state index contributed by atoms with van der Waals surface area (Å²) < 4.78 is 16.4. The first-order valence-electron chi connectivity index (χ1n) is 7.56. The molecule has 0 aromatic rings. The minimum atomic E-state index is 0.0271. The lowest BCUT2D eigenvalue weighted by Crippen LogP contribution is -2.58. The lowest BCUT2D eigenvalue weighted by Gasteiger charge is -2.60. The van der Waals surface area contributed by atoms with Crippen molar-refractivity contribution in [3.8, 4) is 0 Å². The van der Waals surface area contributed by atoms with E-state index in [0.29, 0.717) is 25.9 Å². The smallest absolute Gasteiger partial charge is 0.147 e. The summed E-state index contributed by atoms with van der Waals surface area (Å²) in [6.07, 6.45) is 6.48. The standard InChI is InChI=1S/C15H26O4/c1-17-2-3-18-10-19-14-13-5-11-4-12(6-13)8-15(14,7-11)9-16/h11-14,16H,2-10H2,1H3. The van der Waals surface area contributed by atoms with Gasteiger partial charge in [0.25, 0.3) is 0 Å². The maximum atomic E-state index is 9.90. The van der Waals surface area contributed by atoms with Gasteiger partial charge in [-0.05, 0) is 49.9 Å². The average Bonchev–Trinajstić information content (AvgIpc) is 2.40. The van der Waals surface area contributed by atoms with E-state index in [1.54, 1.807) is 7.11 Å². The molecule has 19 heavy (non-hydrogen) atoms. The Labute approximate surface area is 115 Å². The number of methoxy groups -OCH3 is 1. The molecular formula is C15H26O4. The molecule has 0 saturated heterocycles. The molecule has 0 aromatic heterocycles. The Morgan fingerprint density at radius 3 is 2.47 bits per heavy atom. The Kier molecular flexibility index (Phi) is 4.13. The minimum absolute atomic E-state index is 0.0271. The number of aliphatic hydroxyl groups is 1. The second kappa shape index (κ2) is 5.68. The van der Waals surface area contributed by atoms with Gasteiger partial charge in [-0.3, -0.25) is 0 Å². The van der Waals surface area contributed by atoms with Gasteiger partial charge in [0.2, 0.25) is 0 Å². The van der Waals surface area contributed by atoms with E-state index >= 15 is 0 Å². The third kappa shape index (κ3) is 2.56. The SMILES string of the molecule is COCCOCOC1C2CC3CC(C2)CC1(CO)C3. The Morgan fingerprint density at radius 2 is 1.84 bits per heavy atom. The van der Waals surface area contributed by atoms with Crippen molar-refractivity contribution >= 4 is 0 Å². The van der Waals surface area contributed by atoms with E-state index in [4.69, 9.17) is 14.2 Å². The Balaban J connectivity index is 1.57. The molecular weight excluding hydrogens is 244 g/mol. The fraction of sp³-hybridized carbons (Fsp3) is 1.00. The molecule has 1 N–H and O–H groups in total. The number of ether oxygens (including phenoxy) is 3. The molecule has 0 radical (unpaired) electrons. The van der Waals surface area contributed by atoms with Crippen LogP contribution in [-0.4, -0.2) is 44.9 Å². The van der Waals surface area contributed by atoms with E-state index in [-0.39, 0.29) is 18.1 Å². The van der Waals surface area contributed by atoms with Crippen LogP contribution in [0.15, 0.2) is 0 Å². The molecule has 4 nitrogen and oxygen atoms in total. The monoisotopic (exact) mass is 270 g/mol. The van der Waals surface area contributed by atoms with Gasteiger partial charge in [0.1, 0.15) is 6.79 Å². The fourth-order valence-electron chi connectivity index (χ4n) is 5.02. The van der Waals surface area contributed by atoms with Crippen molar-refractivity contribution < 1.29 is 19.3 Å². The molecule has 3 atom stereocenters. The molecule has 0 amide bonds. The van der Waals surface area contributed by atoms with Crippen LogP contribution in [0.5, 0.6) is 0 Å². The maximum Gasteiger partial charge on any atom is 0.147 e. The van der Waals surface area contributed by atoms with Crippen LogP contribution < -0.4 is 0 Å². The van der Waals surface area contributed by atoms with E-state index in [2.05, 4.69) is 0 Å². The molecule has 4 saturated carbocycles. The van der Waals surface area contributed by atoms with Crippen LogP contribution in [-0.2, 0) is 14.2 Å². The number of aliphatic hydroxyl groups excluding tert-OH is 1. The van der Waals surface area contributed by atoms with E-state index in [0.717, 1.165) is 24.7 Å². The first-order chi connectivity index (χ1) is 9.27. The van der Waals surface area contributed by atoms with Crippen LogP contribution in [0.2, 0.25) is 0 Å². The van der Waals surface area contributed by atoms with E-state index in [9.17, 15) is 5.11 Å². The van der Waals surface area contributed by atoms with Gasteiger partial charge in [-0.15, -0.1) is 0 Å². The number of hydrogen-bond acceptors (Lipinski definition) is 4. The molecule has 0 heterocycles. The molecule has 0 aromatic carbocycles. The third-order valence-electron chi connectivity index (χ3n) is 5.44. The average molecular weight is 270 g/mol. The predicted octanol–water partition coefficient (Wildman–Crippen LogP) is 1.81. The van der Waals surface area contributed by atoms with Gasteiger partial charge in [-0.1, -0.05) is 0 Å². The summed E-state index contributed by atoms with van der Waals surface area (Å²) in [5, 5.41) is 9.90. The van der Waals surface area contributed by atoms with Crippen molar-refractivity contribution in [2.45, 2.75) is 38.2 Å². The molecule has 0 aliphatic heterocycles.